The van der Waals surface area contributed by atoms with Crippen molar-refractivity contribution in [2.24, 2.45) is 24.3 Å². The molecular weight excluding hydrogens is 304 g/mol. The van der Waals surface area contributed by atoms with Crippen LogP contribution in [0.3, 0.4) is 0 Å². The summed E-state index contributed by atoms with van der Waals surface area (Å²) in [5, 5.41) is 11.6. The quantitative estimate of drug-likeness (QED) is 0.689. The van der Waals surface area contributed by atoms with Crippen molar-refractivity contribution in [2.75, 3.05) is 18.0 Å². The van der Waals surface area contributed by atoms with Crippen LogP contribution in [0.4, 0.5) is 17.3 Å². The molecule has 1 saturated heterocycles. The van der Waals surface area contributed by atoms with Gasteiger partial charge in [-0.15, -0.1) is 0 Å². The standard InChI is InChI=1S/C17H22N6O/c1-13(24)18-15-8-9-23(12-15)16-6-4-14(5-7-16)19-20-17-21(2)10-11-22(17)3/h4-7,10-11,15H,8-9,12H2,1-3H3/p+1. The fourth-order valence-corrected chi connectivity index (χ4v) is 2.96. The fraction of sp³-hybridized carbons (Fsp3) is 0.412. The maximum Gasteiger partial charge on any atom is 0.421 e. The number of carbonyl (C=O) groups is 1. The van der Waals surface area contributed by atoms with Crippen molar-refractivity contribution in [1.82, 2.24) is 9.88 Å². The summed E-state index contributed by atoms with van der Waals surface area (Å²) in [6, 6.07) is 8.27. The van der Waals surface area contributed by atoms with Crippen LogP contribution >= 0.6 is 0 Å². The number of nitrogens with zero attached hydrogens (tertiary/aromatic N) is 5. The lowest BCUT2D eigenvalue weighted by Crippen LogP contribution is -2.35. The molecule has 1 amide bonds. The molecule has 1 aromatic carbocycles. The zero-order valence-corrected chi connectivity index (χ0v) is 14.3. The molecule has 1 unspecified atom stereocenters. The largest absolute Gasteiger partial charge is 0.421 e. The summed E-state index contributed by atoms with van der Waals surface area (Å²) in [5.41, 5.74) is 1.96. The van der Waals surface area contributed by atoms with E-state index in [4.69, 9.17) is 0 Å². The van der Waals surface area contributed by atoms with Gasteiger partial charge in [-0.2, -0.15) is 0 Å². The molecule has 3 rings (SSSR count). The number of carbonyl (C=O) groups excluding carboxylic acids is 1. The SMILES string of the molecule is CC(=O)NC1CCN(c2ccc(N=Nc3n(C)cc[n+]3C)cc2)C1. The van der Waals surface area contributed by atoms with E-state index in [2.05, 4.69) is 32.6 Å². The molecule has 1 atom stereocenters. The van der Waals surface area contributed by atoms with Crippen LogP contribution in [0.2, 0.25) is 0 Å². The first-order valence-electron chi connectivity index (χ1n) is 8.08. The van der Waals surface area contributed by atoms with Gasteiger partial charge in [0.05, 0.1) is 26.5 Å². The number of anilines is 1. The summed E-state index contributed by atoms with van der Waals surface area (Å²) in [6.07, 6.45) is 4.86. The second kappa shape index (κ2) is 6.82. The van der Waals surface area contributed by atoms with Crippen LogP contribution in [0, 0.1) is 0 Å². The number of imidazole rings is 1. The molecule has 24 heavy (non-hydrogen) atoms. The number of aromatic nitrogens is 2. The number of azo groups is 1. The number of benzene rings is 1. The highest BCUT2D eigenvalue weighted by molar-refractivity contribution is 5.73. The summed E-state index contributed by atoms with van der Waals surface area (Å²) in [7, 11) is 3.88. The van der Waals surface area contributed by atoms with Crippen LogP contribution in [0.25, 0.3) is 0 Å². The third kappa shape index (κ3) is 3.61. The average molecular weight is 327 g/mol. The molecule has 0 aliphatic carbocycles. The van der Waals surface area contributed by atoms with Gasteiger partial charge in [0.2, 0.25) is 5.91 Å². The number of rotatable bonds is 4. The van der Waals surface area contributed by atoms with Gasteiger partial charge < -0.3 is 10.2 Å². The second-order valence-electron chi connectivity index (χ2n) is 6.17. The Balaban J connectivity index is 1.65. The molecule has 1 aliphatic rings. The molecule has 1 fully saturated rings. The van der Waals surface area contributed by atoms with E-state index in [1.807, 2.05) is 47.8 Å². The summed E-state index contributed by atoms with van der Waals surface area (Å²) >= 11 is 0. The van der Waals surface area contributed by atoms with Crippen LogP contribution in [0.15, 0.2) is 46.9 Å². The van der Waals surface area contributed by atoms with Gasteiger partial charge in [0.1, 0.15) is 5.69 Å². The predicted molar refractivity (Wildman–Crippen MR) is 91.6 cm³/mol. The molecule has 1 aromatic heterocycles. The highest BCUT2D eigenvalue weighted by atomic mass is 16.1. The van der Waals surface area contributed by atoms with Gasteiger partial charge in [-0.05, 0) is 30.7 Å². The van der Waals surface area contributed by atoms with E-state index in [9.17, 15) is 4.79 Å². The predicted octanol–water partition coefficient (Wildman–Crippen LogP) is 1.98. The molecule has 1 N–H and O–H groups in total. The van der Waals surface area contributed by atoms with E-state index < -0.39 is 0 Å². The maximum atomic E-state index is 11.1. The van der Waals surface area contributed by atoms with Crippen molar-refractivity contribution in [3.05, 3.63) is 36.7 Å². The summed E-state index contributed by atoms with van der Waals surface area (Å²) < 4.78 is 3.84. The van der Waals surface area contributed by atoms with Gasteiger partial charge >= 0.3 is 5.95 Å². The van der Waals surface area contributed by atoms with Crippen molar-refractivity contribution < 1.29 is 9.36 Å². The highest BCUT2D eigenvalue weighted by Gasteiger charge is 2.23. The minimum Gasteiger partial charge on any atom is -0.369 e. The third-order valence-corrected chi connectivity index (χ3v) is 4.21. The minimum absolute atomic E-state index is 0.0337. The zero-order chi connectivity index (χ0) is 17.1. The lowest BCUT2D eigenvalue weighted by Gasteiger charge is -2.18. The number of hydrogen-bond acceptors (Lipinski definition) is 4. The monoisotopic (exact) mass is 327 g/mol. The number of nitrogens with one attached hydrogen (secondary N) is 1. The molecule has 2 aromatic rings. The zero-order valence-electron chi connectivity index (χ0n) is 14.3. The molecule has 0 bridgehead atoms. The molecule has 1 aliphatic heterocycles. The topological polar surface area (TPSA) is 65.9 Å². The van der Waals surface area contributed by atoms with Crippen LogP contribution in [-0.4, -0.2) is 29.6 Å². The van der Waals surface area contributed by atoms with E-state index in [0.29, 0.717) is 0 Å². The van der Waals surface area contributed by atoms with Crippen molar-refractivity contribution in [3.63, 3.8) is 0 Å². The van der Waals surface area contributed by atoms with Crippen LogP contribution < -0.4 is 14.8 Å². The lowest BCUT2D eigenvalue weighted by atomic mass is 10.2. The molecule has 0 saturated carbocycles. The summed E-state index contributed by atoms with van der Waals surface area (Å²) in [4.78, 5) is 13.4. The van der Waals surface area contributed by atoms with Gasteiger partial charge in [0.25, 0.3) is 0 Å². The maximum absolute atomic E-state index is 11.1. The molecule has 126 valence electrons. The Morgan fingerprint density at radius 3 is 2.67 bits per heavy atom. The smallest absolute Gasteiger partial charge is 0.369 e. The van der Waals surface area contributed by atoms with E-state index in [1.165, 1.54) is 0 Å². The number of hydrogen-bond donors (Lipinski definition) is 1. The minimum atomic E-state index is 0.0337. The number of amides is 1. The molecule has 2 heterocycles. The van der Waals surface area contributed by atoms with Crippen LogP contribution in [-0.2, 0) is 18.9 Å². The Labute approximate surface area is 141 Å². The average Bonchev–Trinajstić information content (AvgIpc) is 3.13. The van der Waals surface area contributed by atoms with E-state index in [1.54, 1.807) is 6.92 Å². The first-order chi connectivity index (χ1) is 11.5. The van der Waals surface area contributed by atoms with Crippen molar-refractivity contribution >= 4 is 23.2 Å². The van der Waals surface area contributed by atoms with Crippen molar-refractivity contribution in [1.29, 1.82) is 0 Å². The molecular formula is C17H23N6O+. The van der Waals surface area contributed by atoms with Crippen molar-refractivity contribution in [2.45, 2.75) is 19.4 Å². The molecule has 0 spiro atoms. The Bertz CT molecular complexity index is 729. The van der Waals surface area contributed by atoms with Crippen LogP contribution in [0.1, 0.15) is 13.3 Å². The lowest BCUT2D eigenvalue weighted by molar-refractivity contribution is -0.657. The van der Waals surface area contributed by atoms with E-state index in [-0.39, 0.29) is 11.9 Å². The summed E-state index contributed by atoms with van der Waals surface area (Å²) in [6.45, 7) is 3.36. The first kappa shape index (κ1) is 16.2. The molecule has 7 heteroatoms. The van der Waals surface area contributed by atoms with E-state index >= 15 is 0 Å². The molecule has 0 radical (unpaired) electrons. The summed E-state index contributed by atoms with van der Waals surface area (Å²) in [5.74, 6) is 0.822. The third-order valence-electron chi connectivity index (χ3n) is 4.21. The Hall–Kier alpha value is -2.70. The van der Waals surface area contributed by atoms with Gasteiger partial charge in [-0.25, -0.2) is 9.13 Å². The van der Waals surface area contributed by atoms with E-state index in [0.717, 1.165) is 36.8 Å². The van der Waals surface area contributed by atoms with Gasteiger partial charge in [-0.3, -0.25) is 4.79 Å². The Morgan fingerprint density at radius 1 is 1.29 bits per heavy atom. The second-order valence-corrected chi connectivity index (χ2v) is 6.17. The highest BCUT2D eigenvalue weighted by Crippen LogP contribution is 2.24. The normalized spacial score (nSPS) is 17.6. The van der Waals surface area contributed by atoms with Gasteiger partial charge in [0.15, 0.2) is 0 Å². The van der Waals surface area contributed by atoms with Crippen LogP contribution in [0.5, 0.6) is 0 Å². The van der Waals surface area contributed by atoms with Gasteiger partial charge in [-0.1, -0.05) is 5.11 Å². The fourth-order valence-electron chi connectivity index (χ4n) is 2.96. The molecule has 7 nitrogen and oxygen atoms in total. The Morgan fingerprint density at radius 2 is 2.04 bits per heavy atom. The first-order valence-corrected chi connectivity index (χ1v) is 8.08. The Kier molecular flexibility index (Phi) is 4.59. The van der Waals surface area contributed by atoms with Crippen molar-refractivity contribution in [3.8, 4) is 0 Å². The number of aryl methyl sites for hydroxylation is 2. The van der Waals surface area contributed by atoms with Gasteiger partial charge in [0, 0.05) is 36.9 Å².